The monoisotopic (exact) mass is 379 g/mol. The molecule has 4 nitrogen and oxygen atoms in total. The van der Waals surface area contributed by atoms with Crippen molar-refractivity contribution in [2.75, 3.05) is 11.9 Å². The SMILES string of the molecule is CCC(=O)c1cc(F)ccc1OCC(=O)Nc1cccc(Br)c1. The molecule has 0 aromatic heterocycles. The second-order valence-corrected chi connectivity index (χ2v) is 5.68. The highest BCUT2D eigenvalue weighted by molar-refractivity contribution is 9.10. The maximum absolute atomic E-state index is 13.3. The molecule has 2 rings (SSSR count). The van der Waals surface area contributed by atoms with Gasteiger partial charge in [-0.3, -0.25) is 9.59 Å². The minimum atomic E-state index is -0.521. The van der Waals surface area contributed by atoms with Gasteiger partial charge in [0.1, 0.15) is 11.6 Å². The fraction of sp³-hybridized carbons (Fsp3) is 0.176. The first-order chi connectivity index (χ1) is 11.0. The minimum Gasteiger partial charge on any atom is -0.483 e. The third-order valence-corrected chi connectivity index (χ3v) is 3.52. The van der Waals surface area contributed by atoms with Crippen LogP contribution in [-0.4, -0.2) is 18.3 Å². The first-order valence-corrected chi connectivity index (χ1v) is 7.80. The van der Waals surface area contributed by atoms with Gasteiger partial charge in [-0.05, 0) is 36.4 Å². The molecule has 120 valence electrons. The molecule has 0 radical (unpaired) electrons. The van der Waals surface area contributed by atoms with E-state index in [1.807, 2.05) is 6.07 Å². The highest BCUT2D eigenvalue weighted by atomic mass is 79.9. The van der Waals surface area contributed by atoms with E-state index in [-0.39, 0.29) is 36.0 Å². The van der Waals surface area contributed by atoms with Gasteiger partial charge in [0.05, 0.1) is 5.56 Å². The van der Waals surface area contributed by atoms with Crippen molar-refractivity contribution in [2.24, 2.45) is 0 Å². The third-order valence-electron chi connectivity index (χ3n) is 3.03. The Bertz CT molecular complexity index is 734. The number of hydrogen-bond acceptors (Lipinski definition) is 3. The zero-order valence-corrected chi connectivity index (χ0v) is 14.0. The molecule has 0 atom stereocenters. The van der Waals surface area contributed by atoms with Crippen molar-refractivity contribution in [3.05, 3.63) is 58.3 Å². The number of amides is 1. The maximum atomic E-state index is 13.3. The van der Waals surface area contributed by atoms with Gasteiger partial charge in [-0.1, -0.05) is 28.9 Å². The molecule has 0 unspecified atom stereocenters. The van der Waals surface area contributed by atoms with Crippen molar-refractivity contribution in [3.63, 3.8) is 0 Å². The Labute approximate surface area is 141 Å². The first-order valence-electron chi connectivity index (χ1n) is 7.00. The number of carbonyl (C=O) groups excluding carboxylic acids is 2. The van der Waals surface area contributed by atoms with Gasteiger partial charge < -0.3 is 10.1 Å². The smallest absolute Gasteiger partial charge is 0.262 e. The van der Waals surface area contributed by atoms with Crippen molar-refractivity contribution in [3.8, 4) is 5.75 Å². The van der Waals surface area contributed by atoms with Crippen molar-refractivity contribution in [1.82, 2.24) is 0 Å². The minimum absolute atomic E-state index is 0.141. The molecular weight excluding hydrogens is 365 g/mol. The van der Waals surface area contributed by atoms with E-state index in [1.54, 1.807) is 25.1 Å². The Balaban J connectivity index is 2.03. The number of carbonyl (C=O) groups is 2. The third kappa shape index (κ3) is 4.89. The zero-order chi connectivity index (χ0) is 16.8. The van der Waals surface area contributed by atoms with E-state index >= 15 is 0 Å². The molecule has 1 amide bonds. The lowest BCUT2D eigenvalue weighted by Gasteiger charge is -2.11. The quantitative estimate of drug-likeness (QED) is 0.765. The Morgan fingerprint density at radius 3 is 2.70 bits per heavy atom. The summed E-state index contributed by atoms with van der Waals surface area (Å²) in [4.78, 5) is 23.7. The van der Waals surface area contributed by atoms with E-state index in [1.165, 1.54) is 12.1 Å². The molecule has 0 aliphatic heterocycles. The molecule has 0 fully saturated rings. The Morgan fingerprint density at radius 1 is 1.22 bits per heavy atom. The van der Waals surface area contributed by atoms with Crippen LogP contribution in [0.15, 0.2) is 46.9 Å². The van der Waals surface area contributed by atoms with Gasteiger partial charge in [0.15, 0.2) is 12.4 Å². The van der Waals surface area contributed by atoms with Crippen LogP contribution < -0.4 is 10.1 Å². The number of Topliss-reactive ketones (excluding diaryl/α,β-unsaturated/α-hetero) is 1. The van der Waals surface area contributed by atoms with Crippen molar-refractivity contribution >= 4 is 33.3 Å². The number of hydrogen-bond donors (Lipinski definition) is 1. The predicted octanol–water partition coefficient (Wildman–Crippen LogP) is 4.20. The molecule has 0 bridgehead atoms. The van der Waals surface area contributed by atoms with Gasteiger partial charge >= 0.3 is 0 Å². The lowest BCUT2D eigenvalue weighted by atomic mass is 10.1. The average molecular weight is 380 g/mol. The van der Waals surface area contributed by atoms with E-state index in [9.17, 15) is 14.0 Å². The molecule has 2 aromatic rings. The molecule has 6 heteroatoms. The number of rotatable bonds is 6. The molecule has 0 aliphatic carbocycles. The topological polar surface area (TPSA) is 55.4 Å². The largest absolute Gasteiger partial charge is 0.483 e. The summed E-state index contributed by atoms with van der Waals surface area (Å²) < 4.78 is 19.5. The normalized spacial score (nSPS) is 10.2. The van der Waals surface area contributed by atoms with Crippen LogP contribution in [0.25, 0.3) is 0 Å². The first kappa shape index (κ1) is 17.1. The summed E-state index contributed by atoms with van der Waals surface area (Å²) in [6.45, 7) is 1.40. The van der Waals surface area contributed by atoms with Gasteiger partial charge in [-0.15, -0.1) is 0 Å². The van der Waals surface area contributed by atoms with Gasteiger partial charge in [-0.2, -0.15) is 0 Å². The van der Waals surface area contributed by atoms with Crippen LogP contribution in [0, 0.1) is 5.82 Å². The van der Waals surface area contributed by atoms with Crippen LogP contribution in [0.3, 0.4) is 0 Å². The van der Waals surface area contributed by atoms with Crippen molar-refractivity contribution in [1.29, 1.82) is 0 Å². The van der Waals surface area contributed by atoms with Crippen LogP contribution in [0.4, 0.5) is 10.1 Å². The van der Waals surface area contributed by atoms with Crippen molar-refractivity contribution < 1.29 is 18.7 Å². The Hall–Kier alpha value is -2.21. The van der Waals surface area contributed by atoms with E-state index < -0.39 is 5.82 Å². The standard InChI is InChI=1S/C17H15BrFNO3/c1-2-15(21)14-9-12(19)6-7-16(14)23-10-17(22)20-13-5-3-4-11(18)8-13/h3-9H,2,10H2,1H3,(H,20,22). The summed E-state index contributed by atoms with van der Waals surface area (Å²) in [6.07, 6.45) is 0.226. The van der Waals surface area contributed by atoms with Crippen LogP contribution in [0.1, 0.15) is 23.7 Å². The summed E-state index contributed by atoms with van der Waals surface area (Å²) in [7, 11) is 0. The summed E-state index contributed by atoms with van der Waals surface area (Å²) in [5.41, 5.74) is 0.764. The Kier molecular flexibility index (Phi) is 5.87. The van der Waals surface area contributed by atoms with Gasteiger partial charge in [0.2, 0.25) is 0 Å². The lowest BCUT2D eigenvalue weighted by Crippen LogP contribution is -2.20. The number of halogens is 2. The van der Waals surface area contributed by atoms with Crippen molar-refractivity contribution in [2.45, 2.75) is 13.3 Å². The zero-order valence-electron chi connectivity index (χ0n) is 12.4. The highest BCUT2D eigenvalue weighted by Gasteiger charge is 2.13. The summed E-state index contributed by atoms with van der Waals surface area (Å²) >= 11 is 3.31. The summed E-state index contributed by atoms with van der Waals surface area (Å²) in [5, 5.41) is 2.67. The lowest BCUT2D eigenvalue weighted by molar-refractivity contribution is -0.118. The number of anilines is 1. The van der Waals surface area contributed by atoms with Crippen LogP contribution >= 0.6 is 15.9 Å². The molecule has 1 N–H and O–H groups in total. The number of nitrogens with one attached hydrogen (secondary N) is 1. The average Bonchev–Trinajstić information content (AvgIpc) is 2.53. The summed E-state index contributed by atoms with van der Waals surface area (Å²) in [6, 6.07) is 10.8. The van der Waals surface area contributed by atoms with Gasteiger partial charge in [-0.25, -0.2) is 4.39 Å². The second kappa shape index (κ2) is 7.87. The number of ketones is 1. The molecule has 0 saturated heterocycles. The van der Waals surface area contributed by atoms with Crippen LogP contribution in [0.5, 0.6) is 5.75 Å². The molecule has 0 spiro atoms. The number of benzene rings is 2. The van der Waals surface area contributed by atoms with E-state index in [4.69, 9.17) is 4.74 Å². The molecule has 0 saturated carbocycles. The maximum Gasteiger partial charge on any atom is 0.262 e. The van der Waals surface area contributed by atoms with E-state index in [2.05, 4.69) is 21.2 Å². The van der Waals surface area contributed by atoms with Gasteiger partial charge in [0.25, 0.3) is 5.91 Å². The number of ether oxygens (including phenoxy) is 1. The van der Waals surface area contributed by atoms with E-state index in [0.717, 1.165) is 10.5 Å². The Morgan fingerprint density at radius 2 is 2.00 bits per heavy atom. The molecule has 0 heterocycles. The predicted molar refractivity (Wildman–Crippen MR) is 89.3 cm³/mol. The summed E-state index contributed by atoms with van der Waals surface area (Å²) in [5.74, 6) is -0.940. The van der Waals surface area contributed by atoms with Crippen LogP contribution in [-0.2, 0) is 4.79 Å². The fourth-order valence-corrected chi connectivity index (χ4v) is 2.34. The van der Waals surface area contributed by atoms with Gasteiger partial charge in [0, 0.05) is 16.6 Å². The van der Waals surface area contributed by atoms with E-state index in [0.29, 0.717) is 5.69 Å². The molecule has 0 aliphatic rings. The molecule has 23 heavy (non-hydrogen) atoms. The molecular formula is C17H15BrFNO3. The second-order valence-electron chi connectivity index (χ2n) is 4.76. The highest BCUT2D eigenvalue weighted by Crippen LogP contribution is 2.21. The molecule has 2 aromatic carbocycles. The fourth-order valence-electron chi connectivity index (χ4n) is 1.94. The van der Waals surface area contributed by atoms with Crippen LogP contribution in [0.2, 0.25) is 0 Å².